The minimum absolute atomic E-state index is 0.134. The van der Waals surface area contributed by atoms with Crippen molar-refractivity contribution < 1.29 is 9.21 Å². The molecule has 2 aromatic rings. The van der Waals surface area contributed by atoms with Crippen molar-refractivity contribution >= 4 is 5.91 Å². The molecule has 0 radical (unpaired) electrons. The van der Waals surface area contributed by atoms with Gasteiger partial charge in [0.2, 0.25) is 0 Å². The van der Waals surface area contributed by atoms with Gasteiger partial charge in [0.25, 0.3) is 5.91 Å². The number of rotatable bonds is 6. The topological polar surface area (TPSA) is 45.5 Å². The van der Waals surface area contributed by atoms with E-state index in [1.165, 1.54) is 31.1 Å². The van der Waals surface area contributed by atoms with Gasteiger partial charge in [0.05, 0.1) is 6.26 Å². The standard InChI is InChI=1S/C19H24N2O2/c22-19(18-10-7-13-23-18)20-15-17(21-11-5-2-6-12-21)14-16-8-3-1-4-9-16/h1,3-4,7-10,13,17H,2,5-6,11-12,14-15H2,(H,20,22). The average molecular weight is 312 g/mol. The highest BCUT2D eigenvalue weighted by Gasteiger charge is 2.22. The lowest BCUT2D eigenvalue weighted by atomic mass is 10.0. The normalized spacial score (nSPS) is 16.9. The molecule has 1 saturated heterocycles. The summed E-state index contributed by atoms with van der Waals surface area (Å²) < 4.78 is 5.17. The minimum atomic E-state index is -0.134. The van der Waals surface area contributed by atoms with Crippen LogP contribution in [-0.4, -0.2) is 36.5 Å². The SMILES string of the molecule is O=C(NCC(Cc1ccccc1)N1CCCCC1)c1ccco1. The second kappa shape index (κ2) is 7.97. The van der Waals surface area contributed by atoms with Gasteiger partial charge in [0.15, 0.2) is 5.76 Å². The summed E-state index contributed by atoms with van der Waals surface area (Å²) in [5, 5.41) is 3.03. The molecule has 0 spiro atoms. The lowest BCUT2D eigenvalue weighted by molar-refractivity contribution is 0.0897. The van der Waals surface area contributed by atoms with Gasteiger partial charge in [0.1, 0.15) is 0 Å². The Morgan fingerprint density at radius 2 is 1.87 bits per heavy atom. The van der Waals surface area contributed by atoms with E-state index in [2.05, 4.69) is 34.5 Å². The van der Waals surface area contributed by atoms with Crippen LogP contribution in [0, 0.1) is 0 Å². The summed E-state index contributed by atoms with van der Waals surface area (Å²) in [4.78, 5) is 14.6. The Morgan fingerprint density at radius 3 is 2.57 bits per heavy atom. The predicted octanol–water partition coefficient (Wildman–Crippen LogP) is 3.11. The molecule has 1 aromatic heterocycles. The molecule has 1 N–H and O–H groups in total. The molecule has 1 amide bonds. The molecule has 2 heterocycles. The third-order valence-electron chi connectivity index (χ3n) is 4.46. The third-order valence-corrected chi connectivity index (χ3v) is 4.46. The number of amides is 1. The molecular formula is C19H24N2O2. The fraction of sp³-hybridized carbons (Fsp3) is 0.421. The van der Waals surface area contributed by atoms with E-state index < -0.39 is 0 Å². The van der Waals surface area contributed by atoms with E-state index in [9.17, 15) is 4.79 Å². The lowest BCUT2D eigenvalue weighted by Gasteiger charge is -2.34. The minimum Gasteiger partial charge on any atom is -0.459 e. The number of furan rings is 1. The van der Waals surface area contributed by atoms with Crippen LogP contribution in [0.5, 0.6) is 0 Å². The van der Waals surface area contributed by atoms with E-state index in [1.54, 1.807) is 12.1 Å². The van der Waals surface area contributed by atoms with Crippen molar-refractivity contribution in [2.45, 2.75) is 31.7 Å². The molecule has 4 nitrogen and oxygen atoms in total. The van der Waals surface area contributed by atoms with Gasteiger partial charge in [-0.15, -0.1) is 0 Å². The Labute approximate surface area is 137 Å². The number of carbonyl (C=O) groups excluding carboxylic acids is 1. The summed E-state index contributed by atoms with van der Waals surface area (Å²) in [5.41, 5.74) is 1.32. The first-order valence-electron chi connectivity index (χ1n) is 8.42. The van der Waals surface area contributed by atoms with Crippen molar-refractivity contribution in [2.24, 2.45) is 0 Å². The second-order valence-corrected chi connectivity index (χ2v) is 6.13. The molecule has 1 aliphatic rings. The molecule has 3 rings (SSSR count). The number of likely N-dealkylation sites (tertiary alicyclic amines) is 1. The molecule has 0 saturated carbocycles. The van der Waals surface area contributed by atoms with Crippen LogP contribution in [0.1, 0.15) is 35.4 Å². The van der Waals surface area contributed by atoms with E-state index in [0.717, 1.165) is 19.5 Å². The Kier molecular flexibility index (Phi) is 5.48. The Balaban J connectivity index is 1.63. The summed E-state index contributed by atoms with van der Waals surface area (Å²) in [7, 11) is 0. The molecule has 0 bridgehead atoms. The van der Waals surface area contributed by atoms with Crippen LogP contribution >= 0.6 is 0 Å². The molecule has 23 heavy (non-hydrogen) atoms. The third kappa shape index (κ3) is 4.45. The smallest absolute Gasteiger partial charge is 0.287 e. The number of hydrogen-bond acceptors (Lipinski definition) is 3. The van der Waals surface area contributed by atoms with E-state index >= 15 is 0 Å². The van der Waals surface area contributed by atoms with Gasteiger partial charge in [-0.25, -0.2) is 0 Å². The first kappa shape index (κ1) is 15.8. The average Bonchev–Trinajstić information content (AvgIpc) is 3.15. The molecule has 4 heteroatoms. The first-order chi connectivity index (χ1) is 11.3. The Morgan fingerprint density at radius 1 is 1.09 bits per heavy atom. The molecular weight excluding hydrogens is 288 g/mol. The lowest BCUT2D eigenvalue weighted by Crippen LogP contribution is -2.47. The Hall–Kier alpha value is -2.07. The van der Waals surface area contributed by atoms with Crippen molar-refractivity contribution in [3.63, 3.8) is 0 Å². The van der Waals surface area contributed by atoms with Crippen molar-refractivity contribution in [3.05, 3.63) is 60.1 Å². The van der Waals surface area contributed by atoms with Crippen LogP contribution in [0.25, 0.3) is 0 Å². The molecule has 1 aromatic carbocycles. The van der Waals surface area contributed by atoms with Gasteiger partial charge in [-0.3, -0.25) is 9.69 Å². The van der Waals surface area contributed by atoms with Crippen LogP contribution in [-0.2, 0) is 6.42 Å². The van der Waals surface area contributed by atoms with E-state index in [1.807, 2.05) is 6.07 Å². The second-order valence-electron chi connectivity index (χ2n) is 6.13. The number of nitrogens with one attached hydrogen (secondary N) is 1. The maximum absolute atomic E-state index is 12.1. The number of piperidine rings is 1. The molecule has 1 fully saturated rings. The van der Waals surface area contributed by atoms with Crippen LogP contribution in [0.4, 0.5) is 0 Å². The van der Waals surface area contributed by atoms with Gasteiger partial charge in [-0.1, -0.05) is 36.8 Å². The van der Waals surface area contributed by atoms with Crippen molar-refractivity contribution in [1.29, 1.82) is 0 Å². The number of nitrogens with zero attached hydrogens (tertiary/aromatic N) is 1. The molecule has 122 valence electrons. The fourth-order valence-electron chi connectivity index (χ4n) is 3.21. The highest BCUT2D eigenvalue weighted by atomic mass is 16.3. The predicted molar refractivity (Wildman–Crippen MR) is 90.4 cm³/mol. The zero-order valence-electron chi connectivity index (χ0n) is 13.4. The van der Waals surface area contributed by atoms with E-state index in [0.29, 0.717) is 18.3 Å². The van der Waals surface area contributed by atoms with Crippen LogP contribution in [0.3, 0.4) is 0 Å². The summed E-state index contributed by atoms with van der Waals surface area (Å²) in [6, 6.07) is 14.3. The van der Waals surface area contributed by atoms with Crippen LogP contribution < -0.4 is 5.32 Å². The zero-order chi connectivity index (χ0) is 15.9. The monoisotopic (exact) mass is 312 g/mol. The quantitative estimate of drug-likeness (QED) is 0.891. The van der Waals surface area contributed by atoms with Gasteiger partial charge >= 0.3 is 0 Å². The fourth-order valence-corrected chi connectivity index (χ4v) is 3.21. The number of hydrogen-bond donors (Lipinski definition) is 1. The maximum Gasteiger partial charge on any atom is 0.287 e. The van der Waals surface area contributed by atoms with Gasteiger partial charge < -0.3 is 9.73 Å². The van der Waals surface area contributed by atoms with E-state index in [-0.39, 0.29) is 5.91 Å². The number of carbonyl (C=O) groups is 1. The molecule has 1 aliphatic heterocycles. The maximum atomic E-state index is 12.1. The van der Waals surface area contributed by atoms with Crippen molar-refractivity contribution in [3.8, 4) is 0 Å². The summed E-state index contributed by atoms with van der Waals surface area (Å²) in [6.45, 7) is 2.89. The largest absolute Gasteiger partial charge is 0.459 e. The summed E-state index contributed by atoms with van der Waals surface area (Å²) >= 11 is 0. The van der Waals surface area contributed by atoms with Gasteiger partial charge in [-0.2, -0.15) is 0 Å². The molecule has 0 aliphatic carbocycles. The Bertz CT molecular complexity index is 589. The van der Waals surface area contributed by atoms with E-state index in [4.69, 9.17) is 4.42 Å². The van der Waals surface area contributed by atoms with Crippen molar-refractivity contribution in [2.75, 3.05) is 19.6 Å². The van der Waals surface area contributed by atoms with Crippen LogP contribution in [0.2, 0.25) is 0 Å². The van der Waals surface area contributed by atoms with Crippen molar-refractivity contribution in [1.82, 2.24) is 10.2 Å². The van der Waals surface area contributed by atoms with Crippen LogP contribution in [0.15, 0.2) is 53.1 Å². The highest BCUT2D eigenvalue weighted by molar-refractivity contribution is 5.91. The molecule has 1 unspecified atom stereocenters. The number of benzene rings is 1. The van der Waals surface area contributed by atoms with Gasteiger partial charge in [-0.05, 0) is 50.0 Å². The first-order valence-corrected chi connectivity index (χ1v) is 8.42. The highest BCUT2D eigenvalue weighted by Crippen LogP contribution is 2.15. The summed E-state index contributed by atoms with van der Waals surface area (Å²) in [6.07, 6.45) is 6.29. The summed E-state index contributed by atoms with van der Waals surface area (Å²) in [5.74, 6) is 0.243. The molecule has 1 atom stereocenters. The van der Waals surface area contributed by atoms with Gasteiger partial charge in [0, 0.05) is 12.6 Å². The zero-order valence-corrected chi connectivity index (χ0v) is 13.4.